The van der Waals surface area contributed by atoms with Crippen LogP contribution >= 0.6 is 0 Å². The van der Waals surface area contributed by atoms with E-state index in [9.17, 15) is 4.79 Å². The molecule has 8 nitrogen and oxygen atoms in total. The Labute approximate surface area is 215 Å². The summed E-state index contributed by atoms with van der Waals surface area (Å²) in [4.78, 5) is 24.9. The minimum absolute atomic E-state index is 0.102. The Morgan fingerprint density at radius 3 is 2.38 bits per heavy atom. The van der Waals surface area contributed by atoms with E-state index in [2.05, 4.69) is 52.2 Å². The molecule has 1 aliphatic heterocycles. The Kier molecular flexibility index (Phi) is 5.68. The van der Waals surface area contributed by atoms with Crippen molar-refractivity contribution in [2.75, 3.05) is 25.1 Å². The van der Waals surface area contributed by atoms with Crippen LogP contribution in [0.25, 0.3) is 38.8 Å². The van der Waals surface area contributed by atoms with E-state index in [1.807, 2.05) is 36.5 Å². The minimum Gasteiger partial charge on any atom is -0.495 e. The molecule has 2 aromatic carbocycles. The molecule has 8 heteroatoms. The van der Waals surface area contributed by atoms with Gasteiger partial charge in [0.1, 0.15) is 5.75 Å². The monoisotopic (exact) mass is 494 g/mol. The first kappa shape index (κ1) is 23.2. The number of piperazine rings is 1. The zero-order chi connectivity index (χ0) is 25.7. The number of aromatic nitrogens is 4. The highest BCUT2D eigenvalue weighted by Crippen LogP contribution is 2.31. The molecule has 0 radical (unpaired) electrons. The molecule has 3 aromatic heterocycles. The predicted molar refractivity (Wildman–Crippen MR) is 148 cm³/mol. The van der Waals surface area contributed by atoms with Gasteiger partial charge in [-0.2, -0.15) is 0 Å². The summed E-state index contributed by atoms with van der Waals surface area (Å²) >= 11 is 0. The van der Waals surface area contributed by atoms with E-state index < -0.39 is 0 Å². The molecule has 0 saturated carbocycles. The van der Waals surface area contributed by atoms with Gasteiger partial charge >= 0.3 is 5.69 Å². The first-order valence-electron chi connectivity index (χ1n) is 12.5. The van der Waals surface area contributed by atoms with Crippen LogP contribution in [0.15, 0.2) is 71.9 Å². The first-order chi connectivity index (χ1) is 17.9. The van der Waals surface area contributed by atoms with Crippen LogP contribution in [0.5, 0.6) is 5.75 Å². The number of methoxy groups -OCH3 is 1. The topological polar surface area (TPSA) is 77.2 Å². The van der Waals surface area contributed by atoms with Gasteiger partial charge in [-0.05, 0) is 61.9 Å². The predicted octanol–water partition coefficient (Wildman–Crippen LogP) is 4.13. The minimum atomic E-state index is -0.102. The van der Waals surface area contributed by atoms with Gasteiger partial charge in [-0.1, -0.05) is 6.07 Å². The van der Waals surface area contributed by atoms with Crippen LogP contribution < -0.4 is 20.6 Å². The SMILES string of the molecule is COc1cncc(-c2ccc3ncc4c(c3c2)n(-c2ccc(N3CC(C)NC(C)C3)cc2)c(=O)n4C)c1. The molecule has 188 valence electrons. The highest BCUT2D eigenvalue weighted by Gasteiger charge is 2.22. The van der Waals surface area contributed by atoms with Gasteiger partial charge in [0.05, 0.1) is 41.7 Å². The van der Waals surface area contributed by atoms with Crippen LogP contribution in [0.4, 0.5) is 5.69 Å². The fraction of sp³-hybridized carbons (Fsp3) is 0.276. The zero-order valence-corrected chi connectivity index (χ0v) is 21.5. The van der Waals surface area contributed by atoms with E-state index in [0.717, 1.165) is 57.5 Å². The number of fused-ring (bicyclic) bond motifs is 3. The number of aryl methyl sites for hydroxylation is 1. The molecule has 2 unspecified atom stereocenters. The van der Waals surface area contributed by atoms with Crippen LogP contribution in [-0.4, -0.2) is 51.4 Å². The normalized spacial score (nSPS) is 18.0. The maximum absolute atomic E-state index is 13.5. The molecule has 1 fully saturated rings. The van der Waals surface area contributed by atoms with Crippen LogP contribution in [0.2, 0.25) is 0 Å². The van der Waals surface area contributed by atoms with Gasteiger partial charge in [-0.15, -0.1) is 0 Å². The van der Waals surface area contributed by atoms with Crippen molar-refractivity contribution in [1.29, 1.82) is 0 Å². The van der Waals surface area contributed by atoms with E-state index in [-0.39, 0.29) is 5.69 Å². The largest absolute Gasteiger partial charge is 0.495 e. The maximum atomic E-state index is 13.5. The fourth-order valence-electron chi connectivity index (χ4n) is 5.45. The smallest absolute Gasteiger partial charge is 0.333 e. The summed E-state index contributed by atoms with van der Waals surface area (Å²) in [6, 6.07) is 17.2. The molecule has 2 atom stereocenters. The summed E-state index contributed by atoms with van der Waals surface area (Å²) < 4.78 is 8.82. The van der Waals surface area contributed by atoms with Gasteiger partial charge in [-0.25, -0.2) is 4.79 Å². The third-order valence-corrected chi connectivity index (χ3v) is 7.20. The Bertz CT molecular complexity index is 1660. The van der Waals surface area contributed by atoms with Gasteiger partial charge in [0.15, 0.2) is 0 Å². The second-order valence-electron chi connectivity index (χ2n) is 9.90. The van der Waals surface area contributed by atoms with Crippen molar-refractivity contribution in [3.63, 3.8) is 0 Å². The Morgan fingerprint density at radius 2 is 1.65 bits per heavy atom. The molecule has 0 bridgehead atoms. The molecule has 0 amide bonds. The van der Waals surface area contributed by atoms with Crippen LogP contribution in [0, 0.1) is 0 Å². The number of imidazole rings is 1. The van der Waals surface area contributed by atoms with Gasteiger partial charge in [-0.3, -0.25) is 19.1 Å². The van der Waals surface area contributed by atoms with Crippen LogP contribution in [0.3, 0.4) is 0 Å². The molecule has 6 rings (SSSR count). The van der Waals surface area contributed by atoms with Crippen molar-refractivity contribution in [1.82, 2.24) is 24.4 Å². The highest BCUT2D eigenvalue weighted by molar-refractivity contribution is 6.04. The number of hydrogen-bond acceptors (Lipinski definition) is 6. The summed E-state index contributed by atoms with van der Waals surface area (Å²) in [5.74, 6) is 0.693. The molecule has 37 heavy (non-hydrogen) atoms. The standard InChI is InChI=1S/C29H30N6O2/c1-18-16-34(17-19(2)32-18)22-6-8-23(9-7-22)35-28-25-12-20(21-11-24(37-4)14-30-13-21)5-10-26(25)31-15-27(28)33(3)29(35)36/h5-15,18-19,32H,16-17H2,1-4H3. The van der Waals surface area contributed by atoms with Crippen molar-refractivity contribution in [2.45, 2.75) is 25.9 Å². The third-order valence-electron chi connectivity index (χ3n) is 7.20. The summed E-state index contributed by atoms with van der Waals surface area (Å²) in [6.07, 6.45) is 5.27. The quantitative estimate of drug-likeness (QED) is 0.405. The van der Waals surface area contributed by atoms with Crippen molar-refractivity contribution >= 4 is 27.6 Å². The number of ether oxygens (including phenoxy) is 1. The molecule has 0 aliphatic carbocycles. The number of nitrogens with one attached hydrogen (secondary N) is 1. The number of pyridine rings is 2. The van der Waals surface area contributed by atoms with Crippen molar-refractivity contribution in [3.8, 4) is 22.6 Å². The Balaban J connectivity index is 1.49. The molecule has 0 spiro atoms. The van der Waals surface area contributed by atoms with Crippen molar-refractivity contribution in [3.05, 3.63) is 77.6 Å². The second-order valence-corrected chi connectivity index (χ2v) is 9.90. The fourth-order valence-corrected chi connectivity index (χ4v) is 5.45. The molecule has 1 N–H and O–H groups in total. The molecule has 5 aromatic rings. The molecule has 1 saturated heterocycles. The molecular weight excluding hydrogens is 464 g/mol. The average molecular weight is 495 g/mol. The number of anilines is 1. The lowest BCUT2D eigenvalue weighted by Crippen LogP contribution is -2.54. The van der Waals surface area contributed by atoms with E-state index in [1.54, 1.807) is 35.7 Å². The summed E-state index contributed by atoms with van der Waals surface area (Å²) in [7, 11) is 3.42. The van der Waals surface area contributed by atoms with Gasteiger partial charge < -0.3 is 15.0 Å². The van der Waals surface area contributed by atoms with Gasteiger partial charge in [0, 0.05) is 55.1 Å². The molecule has 1 aliphatic rings. The number of hydrogen-bond donors (Lipinski definition) is 1. The molecule has 4 heterocycles. The first-order valence-corrected chi connectivity index (χ1v) is 12.5. The number of rotatable bonds is 4. The highest BCUT2D eigenvalue weighted by atomic mass is 16.5. The lowest BCUT2D eigenvalue weighted by Gasteiger charge is -2.37. The second kappa shape index (κ2) is 9.05. The Morgan fingerprint density at radius 1 is 0.919 bits per heavy atom. The zero-order valence-electron chi connectivity index (χ0n) is 21.5. The summed E-state index contributed by atoms with van der Waals surface area (Å²) in [6.45, 7) is 6.33. The Hall–Kier alpha value is -4.17. The lowest BCUT2D eigenvalue weighted by molar-refractivity contribution is 0.407. The average Bonchev–Trinajstić information content (AvgIpc) is 3.18. The molecular formula is C29H30N6O2. The lowest BCUT2D eigenvalue weighted by atomic mass is 10.0. The van der Waals surface area contributed by atoms with Crippen molar-refractivity contribution in [2.24, 2.45) is 7.05 Å². The van der Waals surface area contributed by atoms with Crippen LogP contribution in [-0.2, 0) is 7.05 Å². The van der Waals surface area contributed by atoms with E-state index >= 15 is 0 Å². The summed E-state index contributed by atoms with van der Waals surface area (Å²) in [5, 5.41) is 4.49. The van der Waals surface area contributed by atoms with E-state index in [4.69, 9.17) is 4.74 Å². The van der Waals surface area contributed by atoms with Gasteiger partial charge in [0.2, 0.25) is 0 Å². The van der Waals surface area contributed by atoms with Gasteiger partial charge in [0.25, 0.3) is 0 Å². The van der Waals surface area contributed by atoms with Crippen molar-refractivity contribution < 1.29 is 4.74 Å². The number of benzene rings is 2. The van der Waals surface area contributed by atoms with Crippen LogP contribution in [0.1, 0.15) is 13.8 Å². The van der Waals surface area contributed by atoms with E-state index in [1.165, 1.54) is 0 Å². The maximum Gasteiger partial charge on any atom is 0.333 e. The summed E-state index contributed by atoms with van der Waals surface area (Å²) in [5.41, 5.74) is 6.26. The number of nitrogens with zero attached hydrogens (tertiary/aromatic N) is 5. The van der Waals surface area contributed by atoms with E-state index in [0.29, 0.717) is 17.8 Å². The third kappa shape index (κ3) is 4.03.